The molecule has 5 nitrogen and oxygen atoms in total. The van der Waals surface area contributed by atoms with Gasteiger partial charge in [-0.05, 0) is 80.9 Å². The maximum absolute atomic E-state index is 13.1. The van der Waals surface area contributed by atoms with Gasteiger partial charge >= 0.3 is 0 Å². The van der Waals surface area contributed by atoms with Gasteiger partial charge in [0.2, 0.25) is 0 Å². The minimum absolute atomic E-state index is 0.0513. The van der Waals surface area contributed by atoms with Crippen LogP contribution in [0.5, 0.6) is 5.75 Å². The average Bonchev–Trinajstić information content (AvgIpc) is 2.83. The number of anilines is 1. The van der Waals surface area contributed by atoms with Crippen molar-refractivity contribution in [2.24, 2.45) is 0 Å². The molecule has 0 aliphatic carbocycles. The summed E-state index contributed by atoms with van der Waals surface area (Å²) in [6, 6.07) is 14.0. The molecule has 2 fully saturated rings. The molecule has 0 spiro atoms. The highest BCUT2D eigenvalue weighted by atomic mass is 19.1. The van der Waals surface area contributed by atoms with Gasteiger partial charge in [-0.3, -0.25) is 4.79 Å². The van der Waals surface area contributed by atoms with Gasteiger partial charge in [0.15, 0.2) is 0 Å². The fraction of sp³-hybridized carbons (Fsp3) is 0.480. The molecule has 6 heteroatoms. The summed E-state index contributed by atoms with van der Waals surface area (Å²) in [6.07, 6.45) is 5.02. The third kappa shape index (κ3) is 5.97. The molecule has 2 aromatic carbocycles. The van der Waals surface area contributed by atoms with Crippen molar-refractivity contribution >= 4 is 11.6 Å². The summed E-state index contributed by atoms with van der Waals surface area (Å²) < 4.78 is 19.0. The van der Waals surface area contributed by atoms with Gasteiger partial charge in [0, 0.05) is 44.0 Å². The van der Waals surface area contributed by atoms with E-state index in [1.807, 2.05) is 29.2 Å². The number of benzene rings is 2. The summed E-state index contributed by atoms with van der Waals surface area (Å²) >= 11 is 0. The zero-order valence-corrected chi connectivity index (χ0v) is 18.1. The predicted octanol–water partition coefficient (Wildman–Crippen LogP) is 4.04. The second kappa shape index (κ2) is 10.6. The Kier molecular flexibility index (Phi) is 7.41. The molecule has 2 aliphatic heterocycles. The van der Waals surface area contributed by atoms with Crippen molar-refractivity contribution in [3.05, 3.63) is 59.9 Å². The van der Waals surface area contributed by atoms with E-state index in [1.165, 1.54) is 44.5 Å². The first-order valence-corrected chi connectivity index (χ1v) is 11.4. The first-order chi connectivity index (χ1) is 15.2. The van der Waals surface area contributed by atoms with E-state index in [-0.39, 0.29) is 11.7 Å². The second-order valence-corrected chi connectivity index (χ2v) is 8.38. The first kappa shape index (κ1) is 21.6. The fourth-order valence-corrected chi connectivity index (χ4v) is 4.36. The van der Waals surface area contributed by atoms with E-state index in [1.54, 1.807) is 12.1 Å². The molecule has 2 heterocycles. The molecule has 0 unspecified atom stereocenters. The van der Waals surface area contributed by atoms with Crippen molar-refractivity contribution in [1.29, 1.82) is 0 Å². The Labute approximate surface area is 184 Å². The number of ether oxygens (including phenoxy) is 1. The number of hydrogen-bond donors (Lipinski definition) is 0. The maximum Gasteiger partial charge on any atom is 0.253 e. The van der Waals surface area contributed by atoms with Gasteiger partial charge in [0.05, 0.1) is 6.61 Å². The maximum atomic E-state index is 13.1. The lowest BCUT2D eigenvalue weighted by molar-refractivity contribution is 0.0746. The molecule has 0 radical (unpaired) electrons. The topological polar surface area (TPSA) is 36.0 Å². The van der Waals surface area contributed by atoms with E-state index < -0.39 is 0 Å². The van der Waals surface area contributed by atoms with Crippen LogP contribution < -0.4 is 9.64 Å². The highest BCUT2D eigenvalue weighted by molar-refractivity contribution is 5.94. The standard InChI is InChI=1S/C25H32FN3O2/c26-22-7-9-23(10-8-22)28-16-18-29(19-17-28)25(30)21-5-11-24(12-6-21)31-20-4-15-27-13-2-1-3-14-27/h5-12H,1-4,13-20H2. The Bertz CT molecular complexity index is 827. The molecule has 2 aromatic rings. The number of piperazine rings is 1. The van der Waals surface area contributed by atoms with E-state index in [4.69, 9.17) is 4.74 Å². The number of halogens is 1. The molecular weight excluding hydrogens is 393 g/mol. The number of hydrogen-bond acceptors (Lipinski definition) is 4. The molecule has 0 N–H and O–H groups in total. The first-order valence-electron chi connectivity index (χ1n) is 11.4. The van der Waals surface area contributed by atoms with Gasteiger partial charge < -0.3 is 19.4 Å². The lowest BCUT2D eigenvalue weighted by Gasteiger charge is -2.36. The molecule has 1 amide bonds. The summed E-state index contributed by atoms with van der Waals surface area (Å²) in [5.74, 6) is 0.638. The highest BCUT2D eigenvalue weighted by Gasteiger charge is 2.22. The molecule has 2 aliphatic rings. The number of nitrogens with zero attached hydrogens (tertiary/aromatic N) is 3. The van der Waals surface area contributed by atoms with Crippen LogP contribution in [0.2, 0.25) is 0 Å². The third-order valence-corrected chi connectivity index (χ3v) is 6.20. The van der Waals surface area contributed by atoms with Gasteiger partial charge in [-0.15, -0.1) is 0 Å². The Balaban J connectivity index is 1.20. The molecule has 0 atom stereocenters. The molecule has 166 valence electrons. The van der Waals surface area contributed by atoms with Gasteiger partial charge in [-0.25, -0.2) is 4.39 Å². The number of amides is 1. The minimum atomic E-state index is -0.230. The van der Waals surface area contributed by atoms with Crippen LogP contribution in [-0.4, -0.2) is 68.1 Å². The molecule has 2 saturated heterocycles. The van der Waals surface area contributed by atoms with E-state index >= 15 is 0 Å². The van der Waals surface area contributed by atoms with Gasteiger partial charge in [0.1, 0.15) is 11.6 Å². The molecule has 0 saturated carbocycles. The second-order valence-electron chi connectivity index (χ2n) is 8.38. The van der Waals surface area contributed by atoms with E-state index in [0.29, 0.717) is 25.3 Å². The normalized spacial score (nSPS) is 17.6. The summed E-state index contributed by atoms with van der Waals surface area (Å²) in [6.45, 7) is 7.04. The Morgan fingerprint density at radius 3 is 2.19 bits per heavy atom. The Hall–Kier alpha value is -2.60. The number of likely N-dealkylation sites (tertiary alicyclic amines) is 1. The Morgan fingerprint density at radius 1 is 0.839 bits per heavy atom. The van der Waals surface area contributed by atoms with Gasteiger partial charge in [0.25, 0.3) is 5.91 Å². The summed E-state index contributed by atoms with van der Waals surface area (Å²) in [5.41, 5.74) is 1.69. The number of rotatable bonds is 7. The van der Waals surface area contributed by atoms with Crippen molar-refractivity contribution in [1.82, 2.24) is 9.80 Å². The zero-order chi connectivity index (χ0) is 21.5. The molecular formula is C25H32FN3O2. The van der Waals surface area contributed by atoms with Crippen LogP contribution in [-0.2, 0) is 0 Å². The van der Waals surface area contributed by atoms with Crippen molar-refractivity contribution in [3.63, 3.8) is 0 Å². The molecule has 4 rings (SSSR count). The average molecular weight is 426 g/mol. The fourth-order valence-electron chi connectivity index (χ4n) is 4.36. The monoisotopic (exact) mass is 425 g/mol. The lowest BCUT2D eigenvalue weighted by atomic mass is 10.1. The predicted molar refractivity (Wildman–Crippen MR) is 121 cm³/mol. The van der Waals surface area contributed by atoms with Gasteiger partial charge in [-0.2, -0.15) is 0 Å². The number of carbonyl (C=O) groups is 1. The van der Waals surface area contributed by atoms with Crippen LogP contribution in [0.3, 0.4) is 0 Å². The smallest absolute Gasteiger partial charge is 0.253 e. The van der Waals surface area contributed by atoms with E-state index in [9.17, 15) is 9.18 Å². The zero-order valence-electron chi connectivity index (χ0n) is 18.1. The third-order valence-electron chi connectivity index (χ3n) is 6.20. The van der Waals surface area contributed by atoms with Crippen molar-refractivity contribution < 1.29 is 13.9 Å². The van der Waals surface area contributed by atoms with E-state index in [0.717, 1.165) is 37.5 Å². The van der Waals surface area contributed by atoms with Crippen molar-refractivity contribution in [2.45, 2.75) is 25.7 Å². The summed E-state index contributed by atoms with van der Waals surface area (Å²) in [5, 5.41) is 0. The Morgan fingerprint density at radius 2 is 1.52 bits per heavy atom. The SMILES string of the molecule is O=C(c1ccc(OCCCN2CCCCC2)cc1)N1CCN(c2ccc(F)cc2)CC1. The van der Waals surface area contributed by atoms with Crippen LogP contribution in [0.1, 0.15) is 36.0 Å². The van der Waals surface area contributed by atoms with E-state index in [2.05, 4.69) is 9.80 Å². The molecule has 0 bridgehead atoms. The molecule has 0 aromatic heterocycles. The highest BCUT2D eigenvalue weighted by Crippen LogP contribution is 2.19. The van der Waals surface area contributed by atoms with Crippen molar-refractivity contribution in [3.8, 4) is 5.75 Å². The number of piperidine rings is 1. The van der Waals surface area contributed by atoms with Crippen LogP contribution in [0.4, 0.5) is 10.1 Å². The van der Waals surface area contributed by atoms with Crippen LogP contribution >= 0.6 is 0 Å². The van der Waals surface area contributed by atoms with Crippen molar-refractivity contribution in [2.75, 3.05) is 57.3 Å². The van der Waals surface area contributed by atoms with Gasteiger partial charge in [-0.1, -0.05) is 6.42 Å². The largest absolute Gasteiger partial charge is 0.494 e. The minimum Gasteiger partial charge on any atom is -0.494 e. The lowest BCUT2D eigenvalue weighted by Crippen LogP contribution is -2.48. The quantitative estimate of drug-likeness (QED) is 0.628. The van der Waals surface area contributed by atoms with Crippen LogP contribution in [0.15, 0.2) is 48.5 Å². The summed E-state index contributed by atoms with van der Waals surface area (Å²) in [7, 11) is 0. The summed E-state index contributed by atoms with van der Waals surface area (Å²) in [4.78, 5) is 19.4. The number of carbonyl (C=O) groups excluding carboxylic acids is 1. The van der Waals surface area contributed by atoms with Crippen LogP contribution in [0, 0.1) is 5.82 Å². The van der Waals surface area contributed by atoms with Crippen LogP contribution in [0.25, 0.3) is 0 Å². The molecule has 31 heavy (non-hydrogen) atoms.